The summed E-state index contributed by atoms with van der Waals surface area (Å²) >= 11 is 7.82. The van der Waals surface area contributed by atoms with Crippen LogP contribution in [0.15, 0.2) is 12.1 Å². The molecule has 0 radical (unpaired) electrons. The van der Waals surface area contributed by atoms with Gasteiger partial charge in [-0.2, -0.15) is 0 Å². The van der Waals surface area contributed by atoms with Gasteiger partial charge in [0.1, 0.15) is 0 Å². The van der Waals surface area contributed by atoms with E-state index in [1.807, 2.05) is 6.07 Å². The first kappa shape index (κ1) is 16.5. The minimum atomic E-state index is 0. The average Bonchev–Trinajstić information content (AvgIpc) is 3.04. The minimum Gasteiger partial charge on any atom is -0.314 e. The molecule has 1 aliphatic heterocycles. The van der Waals surface area contributed by atoms with Crippen molar-refractivity contribution in [2.45, 2.75) is 18.9 Å². The Morgan fingerprint density at radius 3 is 2.39 bits per heavy atom. The highest BCUT2D eigenvalue weighted by Gasteiger charge is 2.37. The molecule has 1 atom stereocenters. The third-order valence-corrected chi connectivity index (χ3v) is 4.80. The van der Waals surface area contributed by atoms with Crippen molar-refractivity contribution in [2.24, 2.45) is 5.92 Å². The van der Waals surface area contributed by atoms with Gasteiger partial charge >= 0.3 is 0 Å². The Morgan fingerprint density at radius 2 is 1.89 bits per heavy atom. The fourth-order valence-electron chi connectivity index (χ4n) is 2.57. The quantitative estimate of drug-likeness (QED) is 0.911. The van der Waals surface area contributed by atoms with Gasteiger partial charge in [0.05, 0.1) is 4.34 Å². The molecule has 0 amide bonds. The van der Waals surface area contributed by atoms with E-state index >= 15 is 0 Å². The van der Waals surface area contributed by atoms with E-state index in [0.29, 0.717) is 6.04 Å². The van der Waals surface area contributed by atoms with Gasteiger partial charge in [-0.05, 0) is 30.9 Å². The lowest BCUT2D eigenvalue weighted by molar-refractivity contribution is 0.159. The van der Waals surface area contributed by atoms with E-state index < -0.39 is 0 Å². The van der Waals surface area contributed by atoms with E-state index in [1.165, 1.54) is 30.8 Å². The van der Waals surface area contributed by atoms with Crippen LogP contribution in [0.3, 0.4) is 0 Å². The molecule has 2 nitrogen and oxygen atoms in total. The molecule has 3 rings (SSSR count). The number of halogens is 3. The van der Waals surface area contributed by atoms with Gasteiger partial charge < -0.3 is 5.32 Å². The van der Waals surface area contributed by atoms with Gasteiger partial charge in [-0.1, -0.05) is 11.6 Å². The maximum Gasteiger partial charge on any atom is 0.0931 e. The van der Waals surface area contributed by atoms with Crippen LogP contribution in [0.2, 0.25) is 4.34 Å². The van der Waals surface area contributed by atoms with Crippen LogP contribution < -0.4 is 5.32 Å². The fraction of sp³-hybridized carbons (Fsp3) is 0.667. The number of nitrogens with one attached hydrogen (secondary N) is 1. The summed E-state index contributed by atoms with van der Waals surface area (Å²) < 4.78 is 0.927. The van der Waals surface area contributed by atoms with Crippen LogP contribution in [0.1, 0.15) is 23.8 Å². The third-order valence-electron chi connectivity index (χ3n) is 3.50. The van der Waals surface area contributed by atoms with Crippen LogP contribution in [0.5, 0.6) is 0 Å². The molecule has 2 heterocycles. The van der Waals surface area contributed by atoms with Crippen LogP contribution in [-0.4, -0.2) is 31.1 Å². The zero-order valence-electron chi connectivity index (χ0n) is 10.1. The molecule has 0 unspecified atom stereocenters. The second-order valence-electron chi connectivity index (χ2n) is 4.71. The highest BCUT2D eigenvalue weighted by molar-refractivity contribution is 7.16. The Balaban J connectivity index is 0.000000810. The van der Waals surface area contributed by atoms with Gasteiger partial charge in [0.25, 0.3) is 0 Å². The zero-order chi connectivity index (χ0) is 11.0. The van der Waals surface area contributed by atoms with Gasteiger partial charge in [-0.25, -0.2) is 0 Å². The standard InChI is InChI=1S/C12H17ClN2S.2ClH/c13-11-4-3-10(16-11)12(9-1-2-9)15-7-5-14-6-8-15;;/h3-4,9,12,14H,1-2,5-8H2;2*1H/t12-;;/m0../s1. The summed E-state index contributed by atoms with van der Waals surface area (Å²) in [7, 11) is 0. The van der Waals surface area contributed by atoms with Crippen LogP contribution in [0, 0.1) is 5.92 Å². The smallest absolute Gasteiger partial charge is 0.0931 e. The highest BCUT2D eigenvalue weighted by atomic mass is 35.5. The highest BCUT2D eigenvalue weighted by Crippen LogP contribution is 2.46. The number of piperazine rings is 1. The molecule has 18 heavy (non-hydrogen) atoms. The summed E-state index contributed by atoms with van der Waals surface area (Å²) in [6, 6.07) is 4.90. The molecular weight excluding hydrogens is 311 g/mol. The summed E-state index contributed by atoms with van der Waals surface area (Å²) in [5.41, 5.74) is 0. The van der Waals surface area contributed by atoms with Crippen molar-refractivity contribution in [1.29, 1.82) is 0 Å². The molecule has 0 spiro atoms. The minimum absolute atomic E-state index is 0. The van der Waals surface area contributed by atoms with Crippen molar-refractivity contribution in [2.75, 3.05) is 26.2 Å². The van der Waals surface area contributed by atoms with E-state index in [1.54, 1.807) is 11.3 Å². The van der Waals surface area contributed by atoms with E-state index in [0.717, 1.165) is 23.3 Å². The molecule has 1 saturated heterocycles. The zero-order valence-corrected chi connectivity index (χ0v) is 13.3. The van der Waals surface area contributed by atoms with Gasteiger partial charge in [0.15, 0.2) is 0 Å². The predicted molar refractivity (Wildman–Crippen MR) is 83.7 cm³/mol. The Morgan fingerprint density at radius 1 is 1.22 bits per heavy atom. The van der Waals surface area contributed by atoms with Crippen molar-refractivity contribution in [3.63, 3.8) is 0 Å². The molecule has 1 saturated carbocycles. The van der Waals surface area contributed by atoms with Gasteiger partial charge in [-0.3, -0.25) is 4.90 Å². The summed E-state index contributed by atoms with van der Waals surface area (Å²) in [5, 5.41) is 3.42. The Bertz CT molecular complexity index is 362. The first-order chi connectivity index (χ1) is 7.84. The summed E-state index contributed by atoms with van der Waals surface area (Å²) in [6.45, 7) is 4.61. The van der Waals surface area contributed by atoms with Crippen LogP contribution >= 0.6 is 47.8 Å². The second kappa shape index (κ2) is 7.32. The summed E-state index contributed by atoms with van der Waals surface area (Å²) in [6.07, 6.45) is 2.79. The maximum atomic E-state index is 6.06. The first-order valence-electron chi connectivity index (χ1n) is 6.04. The molecule has 1 aliphatic carbocycles. The van der Waals surface area contributed by atoms with Gasteiger partial charge in [0, 0.05) is 37.1 Å². The van der Waals surface area contributed by atoms with Crippen molar-refractivity contribution in [3.8, 4) is 0 Å². The van der Waals surface area contributed by atoms with Crippen molar-refractivity contribution < 1.29 is 0 Å². The molecule has 0 bridgehead atoms. The number of rotatable bonds is 3. The lowest BCUT2D eigenvalue weighted by Crippen LogP contribution is -2.45. The van der Waals surface area contributed by atoms with E-state index in [2.05, 4.69) is 16.3 Å². The fourth-order valence-corrected chi connectivity index (χ4v) is 3.86. The molecule has 1 aromatic heterocycles. The van der Waals surface area contributed by atoms with Crippen LogP contribution in [0.4, 0.5) is 0 Å². The van der Waals surface area contributed by atoms with Crippen molar-refractivity contribution in [1.82, 2.24) is 10.2 Å². The topological polar surface area (TPSA) is 15.3 Å². The lowest BCUT2D eigenvalue weighted by atomic mass is 10.1. The Kier molecular flexibility index (Phi) is 6.73. The van der Waals surface area contributed by atoms with Gasteiger partial charge in [-0.15, -0.1) is 36.2 Å². The number of nitrogens with zero attached hydrogens (tertiary/aromatic N) is 1. The SMILES string of the molecule is Cl.Cl.Clc1ccc([C@H](C2CC2)N2CCNCC2)s1. The summed E-state index contributed by atoms with van der Waals surface area (Å²) in [4.78, 5) is 4.10. The lowest BCUT2D eigenvalue weighted by Gasteiger charge is -2.34. The van der Waals surface area contributed by atoms with E-state index in [-0.39, 0.29) is 24.8 Å². The van der Waals surface area contributed by atoms with E-state index in [9.17, 15) is 0 Å². The molecule has 104 valence electrons. The van der Waals surface area contributed by atoms with E-state index in [4.69, 9.17) is 11.6 Å². The second-order valence-corrected chi connectivity index (χ2v) is 6.46. The maximum absolute atomic E-state index is 6.06. The molecule has 6 heteroatoms. The van der Waals surface area contributed by atoms with Crippen LogP contribution in [-0.2, 0) is 0 Å². The Hall–Kier alpha value is 0.490. The van der Waals surface area contributed by atoms with Crippen LogP contribution in [0.25, 0.3) is 0 Å². The average molecular weight is 330 g/mol. The summed E-state index contributed by atoms with van der Waals surface area (Å²) in [5.74, 6) is 0.882. The van der Waals surface area contributed by atoms with Gasteiger partial charge in [0.2, 0.25) is 0 Å². The molecule has 1 aromatic rings. The van der Waals surface area contributed by atoms with Crippen molar-refractivity contribution >= 4 is 47.8 Å². The number of hydrogen-bond donors (Lipinski definition) is 1. The largest absolute Gasteiger partial charge is 0.314 e. The molecule has 1 N–H and O–H groups in total. The monoisotopic (exact) mass is 328 g/mol. The normalized spacial score (nSPS) is 21.8. The van der Waals surface area contributed by atoms with Crippen molar-refractivity contribution in [3.05, 3.63) is 21.3 Å². The number of hydrogen-bond acceptors (Lipinski definition) is 3. The molecule has 0 aromatic carbocycles. The molecule has 2 aliphatic rings. The number of thiophene rings is 1. The predicted octanol–water partition coefficient (Wildman–Crippen LogP) is 3.60. The first-order valence-corrected chi connectivity index (χ1v) is 7.24. The Labute approximate surface area is 130 Å². The molecular formula is C12H19Cl3N2S. The molecule has 2 fully saturated rings. The third kappa shape index (κ3) is 3.75.